The number of hydrogen-bond donors (Lipinski definition) is 1. The summed E-state index contributed by atoms with van der Waals surface area (Å²) in [6.07, 6.45) is 2.02. The minimum Gasteiger partial charge on any atom is -0.370 e. The van der Waals surface area contributed by atoms with Gasteiger partial charge in [-0.15, -0.1) is 0 Å². The third-order valence-electron chi connectivity index (χ3n) is 3.00. The van der Waals surface area contributed by atoms with Gasteiger partial charge in [-0.1, -0.05) is 18.2 Å². The fraction of sp³-hybridized carbons (Fsp3) is 0.231. The van der Waals surface area contributed by atoms with Gasteiger partial charge in [-0.3, -0.25) is 0 Å². The average Bonchev–Trinajstić information content (AvgIpc) is 2.36. The standard InChI is InChI=1S/C13H11N3/c14-8-11-9-4-1-2-6-12(9)16-13-10(11)5-3-7-15-13/h1-2,4,6H,3,5,7H2,(H,15,16). The van der Waals surface area contributed by atoms with E-state index in [1.807, 2.05) is 24.3 Å². The van der Waals surface area contributed by atoms with E-state index in [9.17, 15) is 5.26 Å². The number of nitriles is 1. The Morgan fingerprint density at radius 2 is 2.19 bits per heavy atom. The molecule has 3 rings (SSSR count). The van der Waals surface area contributed by atoms with Gasteiger partial charge in [0, 0.05) is 17.5 Å². The van der Waals surface area contributed by atoms with Crippen molar-refractivity contribution in [3.8, 4) is 6.07 Å². The second kappa shape index (κ2) is 3.49. The Morgan fingerprint density at radius 3 is 3.06 bits per heavy atom. The highest BCUT2D eigenvalue weighted by Crippen LogP contribution is 2.29. The molecular formula is C13H11N3. The van der Waals surface area contributed by atoms with E-state index in [2.05, 4.69) is 16.4 Å². The van der Waals surface area contributed by atoms with E-state index >= 15 is 0 Å². The van der Waals surface area contributed by atoms with Gasteiger partial charge >= 0.3 is 0 Å². The van der Waals surface area contributed by atoms with Crippen molar-refractivity contribution in [1.82, 2.24) is 4.98 Å². The number of anilines is 1. The topological polar surface area (TPSA) is 48.7 Å². The van der Waals surface area contributed by atoms with Gasteiger partial charge in [0.1, 0.15) is 11.9 Å². The molecule has 0 unspecified atom stereocenters. The summed E-state index contributed by atoms with van der Waals surface area (Å²) < 4.78 is 0. The van der Waals surface area contributed by atoms with Crippen molar-refractivity contribution in [2.75, 3.05) is 11.9 Å². The summed E-state index contributed by atoms with van der Waals surface area (Å²) in [5.41, 5.74) is 2.76. The number of nitrogens with zero attached hydrogens (tertiary/aromatic N) is 2. The van der Waals surface area contributed by atoms with Crippen LogP contribution in [0.2, 0.25) is 0 Å². The normalized spacial score (nSPS) is 13.9. The van der Waals surface area contributed by atoms with Gasteiger partial charge < -0.3 is 5.32 Å². The first-order valence-electron chi connectivity index (χ1n) is 5.46. The maximum absolute atomic E-state index is 9.29. The van der Waals surface area contributed by atoms with Crippen LogP contribution in [0, 0.1) is 11.3 Å². The summed E-state index contributed by atoms with van der Waals surface area (Å²) in [4.78, 5) is 4.56. The molecule has 0 saturated heterocycles. The lowest BCUT2D eigenvalue weighted by Crippen LogP contribution is -2.14. The van der Waals surface area contributed by atoms with Crippen LogP contribution >= 0.6 is 0 Å². The molecule has 0 atom stereocenters. The Labute approximate surface area is 93.7 Å². The molecule has 0 fully saturated rings. The monoisotopic (exact) mass is 209 g/mol. The molecule has 1 aliphatic rings. The van der Waals surface area contributed by atoms with Gasteiger partial charge in [-0.2, -0.15) is 5.26 Å². The lowest BCUT2D eigenvalue weighted by molar-refractivity contribution is 0.819. The summed E-state index contributed by atoms with van der Waals surface area (Å²) in [6.45, 7) is 0.948. The first kappa shape index (κ1) is 9.17. The largest absolute Gasteiger partial charge is 0.370 e. The van der Waals surface area contributed by atoms with E-state index in [4.69, 9.17) is 0 Å². The van der Waals surface area contributed by atoms with Crippen LogP contribution in [0.5, 0.6) is 0 Å². The van der Waals surface area contributed by atoms with Gasteiger partial charge in [-0.05, 0) is 18.9 Å². The maximum Gasteiger partial charge on any atom is 0.131 e. The van der Waals surface area contributed by atoms with Crippen LogP contribution in [0.1, 0.15) is 17.5 Å². The number of rotatable bonds is 0. The zero-order valence-corrected chi connectivity index (χ0v) is 8.83. The summed E-state index contributed by atoms with van der Waals surface area (Å²) in [6, 6.07) is 10.1. The zero-order valence-electron chi connectivity index (χ0n) is 8.83. The lowest BCUT2D eigenvalue weighted by atomic mass is 9.98. The zero-order chi connectivity index (χ0) is 11.0. The Bertz CT molecular complexity index is 596. The van der Waals surface area contributed by atoms with Crippen molar-refractivity contribution in [1.29, 1.82) is 5.26 Å². The van der Waals surface area contributed by atoms with E-state index in [-0.39, 0.29) is 0 Å². The van der Waals surface area contributed by atoms with Crippen molar-refractivity contribution in [2.24, 2.45) is 0 Å². The molecule has 1 aromatic carbocycles. The molecule has 0 amide bonds. The first-order chi connectivity index (χ1) is 7.90. The molecule has 3 heteroatoms. The molecule has 78 valence electrons. The molecule has 0 spiro atoms. The number of nitrogens with one attached hydrogen (secondary N) is 1. The second-order valence-corrected chi connectivity index (χ2v) is 3.97. The van der Waals surface area contributed by atoms with E-state index in [1.54, 1.807) is 0 Å². The van der Waals surface area contributed by atoms with E-state index < -0.39 is 0 Å². The van der Waals surface area contributed by atoms with Crippen LogP contribution in [-0.4, -0.2) is 11.5 Å². The summed E-state index contributed by atoms with van der Waals surface area (Å²) >= 11 is 0. The number of aromatic nitrogens is 1. The molecule has 0 aliphatic carbocycles. The van der Waals surface area contributed by atoms with Crippen LogP contribution in [0.3, 0.4) is 0 Å². The third-order valence-corrected chi connectivity index (χ3v) is 3.00. The number of hydrogen-bond acceptors (Lipinski definition) is 3. The van der Waals surface area contributed by atoms with E-state index in [1.165, 1.54) is 0 Å². The highest BCUT2D eigenvalue weighted by Gasteiger charge is 2.17. The summed E-state index contributed by atoms with van der Waals surface area (Å²) in [5.74, 6) is 0.890. The molecule has 2 aromatic rings. The van der Waals surface area contributed by atoms with Crippen molar-refractivity contribution in [3.05, 3.63) is 35.4 Å². The Morgan fingerprint density at radius 1 is 1.31 bits per heavy atom. The quantitative estimate of drug-likeness (QED) is 0.725. The van der Waals surface area contributed by atoms with Crippen molar-refractivity contribution < 1.29 is 0 Å². The minimum atomic E-state index is 0.785. The minimum absolute atomic E-state index is 0.785. The molecule has 1 N–H and O–H groups in total. The summed E-state index contributed by atoms with van der Waals surface area (Å²) in [5, 5.41) is 13.5. The smallest absolute Gasteiger partial charge is 0.131 e. The fourth-order valence-corrected chi connectivity index (χ4v) is 2.24. The highest BCUT2D eigenvalue weighted by molar-refractivity contribution is 5.88. The van der Waals surface area contributed by atoms with Crippen LogP contribution in [0.25, 0.3) is 10.9 Å². The predicted octanol–water partition coefficient (Wildman–Crippen LogP) is 2.46. The van der Waals surface area contributed by atoms with Crippen molar-refractivity contribution >= 4 is 16.7 Å². The van der Waals surface area contributed by atoms with Gasteiger partial charge in [0.05, 0.1) is 11.1 Å². The third kappa shape index (κ3) is 1.24. The van der Waals surface area contributed by atoms with Crippen LogP contribution in [-0.2, 0) is 6.42 Å². The predicted molar refractivity (Wildman–Crippen MR) is 63.3 cm³/mol. The fourth-order valence-electron chi connectivity index (χ4n) is 2.24. The lowest BCUT2D eigenvalue weighted by Gasteiger charge is -2.19. The molecule has 1 aromatic heterocycles. The molecule has 3 nitrogen and oxygen atoms in total. The van der Waals surface area contributed by atoms with Crippen LogP contribution in [0.15, 0.2) is 24.3 Å². The first-order valence-corrected chi connectivity index (χ1v) is 5.46. The number of fused-ring (bicyclic) bond motifs is 2. The van der Waals surface area contributed by atoms with Gasteiger partial charge in [0.25, 0.3) is 0 Å². The molecule has 0 radical (unpaired) electrons. The van der Waals surface area contributed by atoms with Crippen molar-refractivity contribution in [3.63, 3.8) is 0 Å². The molecular weight excluding hydrogens is 198 g/mol. The molecule has 0 bridgehead atoms. The van der Waals surface area contributed by atoms with E-state index in [0.717, 1.165) is 47.2 Å². The SMILES string of the molecule is N#Cc1c2c(nc3ccccc13)NCCC2. The van der Waals surface area contributed by atoms with Gasteiger partial charge in [-0.25, -0.2) is 4.98 Å². The van der Waals surface area contributed by atoms with E-state index in [0.29, 0.717) is 0 Å². The Balaban J connectivity index is 2.41. The number of para-hydroxylation sites is 1. The highest BCUT2D eigenvalue weighted by atomic mass is 15.0. The van der Waals surface area contributed by atoms with Gasteiger partial charge in [0.2, 0.25) is 0 Å². The maximum atomic E-state index is 9.29. The molecule has 2 heterocycles. The Hall–Kier alpha value is -2.08. The number of pyridine rings is 1. The molecule has 0 saturated carbocycles. The van der Waals surface area contributed by atoms with Gasteiger partial charge in [0.15, 0.2) is 0 Å². The number of benzene rings is 1. The second-order valence-electron chi connectivity index (χ2n) is 3.97. The van der Waals surface area contributed by atoms with Crippen LogP contribution < -0.4 is 5.32 Å². The molecule has 1 aliphatic heterocycles. The average molecular weight is 209 g/mol. The van der Waals surface area contributed by atoms with Crippen molar-refractivity contribution in [2.45, 2.75) is 12.8 Å². The molecule has 16 heavy (non-hydrogen) atoms. The van der Waals surface area contributed by atoms with Crippen LogP contribution in [0.4, 0.5) is 5.82 Å². The Kier molecular flexibility index (Phi) is 2.00. The summed E-state index contributed by atoms with van der Waals surface area (Å²) in [7, 11) is 0.